The number of halogens is 5. The van der Waals surface area contributed by atoms with Gasteiger partial charge in [-0.3, -0.25) is 0 Å². The molecule has 0 aliphatic rings. The Labute approximate surface area is 152 Å². The maximum absolute atomic E-state index is 14.6. The molecule has 1 nitrogen and oxygen atoms in total. The second-order valence-corrected chi connectivity index (χ2v) is 5.73. The normalized spacial score (nSPS) is 10.8. The van der Waals surface area contributed by atoms with Crippen LogP contribution in [0.15, 0.2) is 42.5 Å². The van der Waals surface area contributed by atoms with Crippen molar-refractivity contribution in [1.29, 1.82) is 0 Å². The first-order valence-corrected chi connectivity index (χ1v) is 8.06. The fourth-order valence-electron chi connectivity index (χ4n) is 2.63. The van der Waals surface area contributed by atoms with Crippen molar-refractivity contribution in [1.82, 2.24) is 0 Å². The van der Waals surface area contributed by atoms with E-state index < -0.39 is 29.8 Å². The van der Waals surface area contributed by atoms with Gasteiger partial charge in [0.25, 0.3) is 0 Å². The molecule has 0 aliphatic heterocycles. The van der Waals surface area contributed by atoms with Gasteiger partial charge in [-0.15, -0.1) is 0 Å². The number of hydrogen-bond acceptors (Lipinski definition) is 1. The number of ether oxygens (including phenoxy) is 1. The highest BCUT2D eigenvalue weighted by molar-refractivity contribution is 5.85. The molecule has 6 heteroatoms. The van der Waals surface area contributed by atoms with Crippen LogP contribution in [0.3, 0.4) is 0 Å². The lowest BCUT2D eigenvalue weighted by Crippen LogP contribution is -2.06. The number of fused-ring (bicyclic) bond motifs is 1. The molecule has 0 atom stereocenters. The third-order valence-electron chi connectivity index (χ3n) is 3.97. The Hall–Kier alpha value is -3.07. The van der Waals surface area contributed by atoms with Crippen molar-refractivity contribution in [2.45, 2.75) is 20.0 Å². The molecule has 0 bridgehead atoms. The molecule has 0 aliphatic carbocycles. The van der Waals surface area contributed by atoms with Gasteiger partial charge in [0.2, 0.25) is 0 Å². The molecule has 0 N–H and O–H groups in total. The first-order valence-electron chi connectivity index (χ1n) is 8.06. The Balaban J connectivity index is 1.97. The van der Waals surface area contributed by atoms with Crippen LogP contribution >= 0.6 is 0 Å². The third-order valence-corrected chi connectivity index (χ3v) is 3.97. The van der Waals surface area contributed by atoms with Crippen molar-refractivity contribution in [3.8, 4) is 17.6 Å². The van der Waals surface area contributed by atoms with Crippen LogP contribution in [0.4, 0.5) is 22.0 Å². The maximum Gasteiger partial charge on any atom is 0.387 e. The van der Waals surface area contributed by atoms with E-state index in [1.165, 1.54) is 6.07 Å². The summed E-state index contributed by atoms with van der Waals surface area (Å²) in [6, 6.07) is 10.0. The molecule has 0 unspecified atom stereocenters. The van der Waals surface area contributed by atoms with Crippen LogP contribution in [-0.2, 0) is 6.42 Å². The number of rotatable bonds is 3. The van der Waals surface area contributed by atoms with Crippen LogP contribution in [-0.4, -0.2) is 6.61 Å². The Morgan fingerprint density at radius 3 is 2.26 bits per heavy atom. The average molecular weight is 376 g/mol. The van der Waals surface area contributed by atoms with E-state index in [0.717, 1.165) is 29.5 Å². The zero-order chi connectivity index (χ0) is 19.6. The van der Waals surface area contributed by atoms with Crippen molar-refractivity contribution in [3.05, 3.63) is 76.6 Å². The molecule has 0 radical (unpaired) electrons. The van der Waals surface area contributed by atoms with Gasteiger partial charge in [-0.1, -0.05) is 43.0 Å². The minimum absolute atomic E-state index is 0.0560. The number of aryl methyl sites for hydroxylation is 1. The Morgan fingerprint density at radius 2 is 1.63 bits per heavy atom. The molecule has 0 amide bonds. The summed E-state index contributed by atoms with van der Waals surface area (Å²) in [6.45, 7) is -1.36. The van der Waals surface area contributed by atoms with Gasteiger partial charge in [0.05, 0.1) is 5.56 Å². The van der Waals surface area contributed by atoms with Crippen molar-refractivity contribution >= 4 is 10.8 Å². The van der Waals surface area contributed by atoms with E-state index >= 15 is 0 Å². The average Bonchev–Trinajstić information content (AvgIpc) is 2.63. The molecule has 3 aromatic rings. The zero-order valence-corrected chi connectivity index (χ0v) is 14.1. The van der Waals surface area contributed by atoms with E-state index in [0.29, 0.717) is 5.39 Å². The van der Waals surface area contributed by atoms with Crippen LogP contribution in [0.5, 0.6) is 5.75 Å². The number of benzene rings is 3. The number of alkyl halides is 2. The smallest absolute Gasteiger partial charge is 0.387 e. The van der Waals surface area contributed by atoms with Gasteiger partial charge in [0, 0.05) is 10.9 Å². The molecule has 3 aromatic carbocycles. The quantitative estimate of drug-likeness (QED) is 0.413. The van der Waals surface area contributed by atoms with Gasteiger partial charge in [-0.25, -0.2) is 13.2 Å². The highest BCUT2D eigenvalue weighted by atomic mass is 19.3. The molecule has 0 saturated heterocycles. The molecule has 0 aromatic heterocycles. The van der Waals surface area contributed by atoms with Gasteiger partial charge in [-0.05, 0) is 35.6 Å². The summed E-state index contributed by atoms with van der Waals surface area (Å²) in [7, 11) is 0. The summed E-state index contributed by atoms with van der Waals surface area (Å²) in [4.78, 5) is 0. The van der Waals surface area contributed by atoms with Gasteiger partial charge < -0.3 is 4.74 Å². The lowest BCUT2D eigenvalue weighted by Gasteiger charge is -2.07. The predicted molar refractivity (Wildman–Crippen MR) is 92.3 cm³/mol. The molecule has 0 fully saturated rings. The Bertz CT molecular complexity index is 1040. The number of hydrogen-bond donors (Lipinski definition) is 0. The minimum atomic E-state index is -3.36. The van der Waals surface area contributed by atoms with Crippen LogP contribution in [0.25, 0.3) is 10.8 Å². The summed E-state index contributed by atoms with van der Waals surface area (Å²) < 4.78 is 70.1. The molecular formula is C21H13F5O. The van der Waals surface area contributed by atoms with E-state index in [1.807, 2.05) is 19.1 Å². The minimum Gasteiger partial charge on any atom is -0.429 e. The molecule has 0 saturated carbocycles. The SMILES string of the molecule is CCc1ccc2c(F)c(C#Cc3cc(F)c(OC(F)F)c(F)c3)ccc2c1. The predicted octanol–water partition coefficient (Wildman–Crippen LogP) is 5.82. The summed E-state index contributed by atoms with van der Waals surface area (Å²) in [6.07, 6.45) is 0.821. The van der Waals surface area contributed by atoms with Crippen LogP contribution < -0.4 is 4.74 Å². The van der Waals surface area contributed by atoms with Gasteiger partial charge >= 0.3 is 6.61 Å². The van der Waals surface area contributed by atoms with Crippen molar-refractivity contribution in [2.24, 2.45) is 0 Å². The summed E-state index contributed by atoms with van der Waals surface area (Å²) in [5.74, 6) is 0.605. The second-order valence-electron chi connectivity index (χ2n) is 5.73. The first kappa shape index (κ1) is 18.7. The van der Waals surface area contributed by atoms with Gasteiger partial charge in [0.15, 0.2) is 17.4 Å². The third kappa shape index (κ3) is 4.03. The highest BCUT2D eigenvalue weighted by Gasteiger charge is 2.16. The second kappa shape index (κ2) is 7.67. The zero-order valence-electron chi connectivity index (χ0n) is 14.1. The van der Waals surface area contributed by atoms with Crippen LogP contribution in [0, 0.1) is 29.3 Å². The van der Waals surface area contributed by atoms with Crippen LogP contribution in [0.1, 0.15) is 23.6 Å². The fraction of sp³-hybridized carbons (Fsp3) is 0.143. The molecular weight excluding hydrogens is 363 g/mol. The van der Waals surface area contributed by atoms with E-state index in [4.69, 9.17) is 0 Å². The lowest BCUT2D eigenvalue weighted by molar-refractivity contribution is -0.0546. The Morgan fingerprint density at radius 1 is 0.926 bits per heavy atom. The fourth-order valence-corrected chi connectivity index (χ4v) is 2.63. The molecule has 27 heavy (non-hydrogen) atoms. The lowest BCUT2D eigenvalue weighted by atomic mass is 10.0. The van der Waals surface area contributed by atoms with E-state index in [9.17, 15) is 22.0 Å². The van der Waals surface area contributed by atoms with E-state index in [1.54, 1.807) is 12.1 Å². The van der Waals surface area contributed by atoms with Crippen molar-refractivity contribution in [2.75, 3.05) is 0 Å². The molecule has 0 heterocycles. The standard InChI is InChI=1S/C21H13F5O/c1-2-12-4-8-16-15(9-12)7-6-14(19(16)24)5-3-13-10-17(22)20(18(23)11-13)27-21(25)26/h4,6-11,21H,2H2,1H3. The van der Waals surface area contributed by atoms with Gasteiger partial charge in [0.1, 0.15) is 5.82 Å². The maximum atomic E-state index is 14.6. The molecule has 3 rings (SSSR count). The van der Waals surface area contributed by atoms with Crippen molar-refractivity contribution in [3.63, 3.8) is 0 Å². The monoisotopic (exact) mass is 376 g/mol. The summed E-state index contributed by atoms with van der Waals surface area (Å²) in [5.41, 5.74) is 0.991. The largest absolute Gasteiger partial charge is 0.429 e. The first-order chi connectivity index (χ1) is 12.9. The van der Waals surface area contributed by atoms with E-state index in [-0.39, 0.29) is 11.1 Å². The highest BCUT2D eigenvalue weighted by Crippen LogP contribution is 2.25. The molecule has 138 valence electrons. The van der Waals surface area contributed by atoms with Gasteiger partial charge in [-0.2, -0.15) is 8.78 Å². The van der Waals surface area contributed by atoms with Crippen molar-refractivity contribution < 1.29 is 26.7 Å². The van der Waals surface area contributed by atoms with E-state index in [2.05, 4.69) is 16.6 Å². The Kier molecular flexibility index (Phi) is 5.31. The molecule has 0 spiro atoms. The summed E-state index contributed by atoms with van der Waals surface area (Å²) in [5, 5.41) is 1.11. The van der Waals surface area contributed by atoms with Crippen LogP contribution in [0.2, 0.25) is 0 Å². The summed E-state index contributed by atoms with van der Waals surface area (Å²) >= 11 is 0. The topological polar surface area (TPSA) is 9.23 Å².